The minimum Gasteiger partial charge on any atom is -0.383 e. The lowest BCUT2D eigenvalue weighted by atomic mass is 9.73. The van der Waals surface area contributed by atoms with E-state index in [4.69, 9.17) is 4.74 Å². The molecule has 3 fully saturated rings. The Bertz CT molecular complexity index is 420. The van der Waals surface area contributed by atoms with E-state index in [2.05, 4.69) is 20.1 Å². The number of hydrogen-bond acceptors (Lipinski definition) is 3. The highest BCUT2D eigenvalue weighted by molar-refractivity contribution is 5.80. The summed E-state index contributed by atoms with van der Waals surface area (Å²) in [6.07, 6.45) is 11.1. The Balaban J connectivity index is 1.48. The normalized spacial score (nSPS) is 28.0. The van der Waals surface area contributed by atoms with Crippen LogP contribution in [0, 0.1) is 5.41 Å². The van der Waals surface area contributed by atoms with Crippen LogP contribution in [-0.2, 0) is 4.74 Å². The topological polar surface area (TPSA) is 40.1 Å². The van der Waals surface area contributed by atoms with Crippen LogP contribution in [0.3, 0.4) is 0 Å². The molecule has 2 aliphatic heterocycles. The molecule has 5 heteroatoms. The molecule has 1 aliphatic carbocycles. The second-order valence-electron chi connectivity index (χ2n) is 7.99. The fourth-order valence-corrected chi connectivity index (χ4v) is 5.00. The molecule has 1 unspecified atom stereocenters. The van der Waals surface area contributed by atoms with Crippen molar-refractivity contribution in [2.24, 2.45) is 10.4 Å². The van der Waals surface area contributed by atoms with Gasteiger partial charge in [0.05, 0.1) is 6.61 Å². The molecule has 3 rings (SSSR count). The minimum absolute atomic E-state index is 0.591. The number of aliphatic imine (C=N–C) groups is 1. The third kappa shape index (κ3) is 4.23. The summed E-state index contributed by atoms with van der Waals surface area (Å²) >= 11 is 0. The fraction of sp³-hybridized carbons (Fsp3) is 0.947. The molecule has 138 valence electrons. The molecule has 0 amide bonds. The van der Waals surface area contributed by atoms with E-state index in [1.807, 2.05) is 7.05 Å². The summed E-state index contributed by atoms with van der Waals surface area (Å²) in [6, 6.07) is 0.628. The van der Waals surface area contributed by atoms with Crippen LogP contribution in [0.4, 0.5) is 0 Å². The zero-order chi connectivity index (χ0) is 16.8. The van der Waals surface area contributed by atoms with E-state index in [-0.39, 0.29) is 0 Å². The molecule has 2 heterocycles. The van der Waals surface area contributed by atoms with E-state index in [0.29, 0.717) is 11.5 Å². The minimum atomic E-state index is 0.591. The van der Waals surface area contributed by atoms with E-state index >= 15 is 0 Å². The van der Waals surface area contributed by atoms with Gasteiger partial charge in [0, 0.05) is 46.4 Å². The second kappa shape index (κ2) is 8.52. The first-order chi connectivity index (χ1) is 11.8. The maximum Gasteiger partial charge on any atom is 0.193 e. The van der Waals surface area contributed by atoms with Crippen molar-refractivity contribution in [1.82, 2.24) is 15.1 Å². The average Bonchev–Trinajstić information content (AvgIpc) is 3.22. The highest BCUT2D eigenvalue weighted by Crippen LogP contribution is 2.43. The fourth-order valence-electron chi connectivity index (χ4n) is 5.00. The molecule has 1 spiro atoms. The zero-order valence-electron chi connectivity index (χ0n) is 15.7. The lowest BCUT2D eigenvalue weighted by Crippen LogP contribution is -2.47. The molecule has 0 aromatic carbocycles. The van der Waals surface area contributed by atoms with Crippen molar-refractivity contribution in [3.63, 3.8) is 0 Å². The van der Waals surface area contributed by atoms with E-state index in [0.717, 1.165) is 25.7 Å². The van der Waals surface area contributed by atoms with E-state index in [1.165, 1.54) is 71.0 Å². The second-order valence-corrected chi connectivity index (χ2v) is 7.99. The number of nitrogens with zero attached hydrogens (tertiary/aromatic N) is 3. The van der Waals surface area contributed by atoms with Gasteiger partial charge in [-0.2, -0.15) is 0 Å². The van der Waals surface area contributed by atoms with Crippen LogP contribution < -0.4 is 5.32 Å². The van der Waals surface area contributed by atoms with Crippen LogP contribution in [0.15, 0.2) is 4.99 Å². The van der Waals surface area contributed by atoms with Gasteiger partial charge in [-0.3, -0.25) is 9.89 Å². The van der Waals surface area contributed by atoms with Crippen molar-refractivity contribution in [2.45, 2.75) is 57.4 Å². The SMILES string of the molecule is CN=C(NCC1CCCN1CCOC)N1CCC2(CCCCC2)C1. The Morgan fingerprint density at radius 3 is 2.75 bits per heavy atom. The van der Waals surface area contributed by atoms with Crippen molar-refractivity contribution >= 4 is 5.96 Å². The third-order valence-corrected chi connectivity index (χ3v) is 6.44. The molecule has 24 heavy (non-hydrogen) atoms. The predicted molar refractivity (Wildman–Crippen MR) is 99.5 cm³/mol. The monoisotopic (exact) mass is 336 g/mol. The molecule has 2 saturated heterocycles. The van der Waals surface area contributed by atoms with Gasteiger partial charge in [-0.1, -0.05) is 19.3 Å². The number of ether oxygens (including phenoxy) is 1. The van der Waals surface area contributed by atoms with Crippen LogP contribution in [0.25, 0.3) is 0 Å². The molecule has 1 N–H and O–H groups in total. The third-order valence-electron chi connectivity index (χ3n) is 6.44. The number of hydrogen-bond donors (Lipinski definition) is 1. The summed E-state index contributed by atoms with van der Waals surface area (Å²) in [4.78, 5) is 9.66. The molecule has 0 aromatic rings. The number of guanidine groups is 1. The Kier molecular flexibility index (Phi) is 6.39. The van der Waals surface area contributed by atoms with E-state index in [1.54, 1.807) is 7.11 Å². The van der Waals surface area contributed by atoms with Crippen LogP contribution in [0.2, 0.25) is 0 Å². The van der Waals surface area contributed by atoms with Gasteiger partial charge in [-0.05, 0) is 44.1 Å². The molecule has 1 atom stereocenters. The first kappa shape index (κ1) is 18.0. The van der Waals surface area contributed by atoms with Crippen LogP contribution in [0.5, 0.6) is 0 Å². The Hall–Kier alpha value is -0.810. The molecular formula is C19H36N4O. The quantitative estimate of drug-likeness (QED) is 0.618. The number of likely N-dealkylation sites (tertiary alicyclic amines) is 2. The molecule has 0 bridgehead atoms. The Morgan fingerprint density at radius 1 is 1.17 bits per heavy atom. The van der Waals surface area contributed by atoms with Gasteiger partial charge < -0.3 is 15.0 Å². The van der Waals surface area contributed by atoms with Crippen LogP contribution in [-0.4, -0.2) is 75.3 Å². The zero-order valence-corrected chi connectivity index (χ0v) is 15.7. The first-order valence-corrected chi connectivity index (χ1v) is 9.95. The Morgan fingerprint density at radius 2 is 2.00 bits per heavy atom. The summed E-state index contributed by atoms with van der Waals surface area (Å²) in [5.41, 5.74) is 0.591. The summed E-state index contributed by atoms with van der Waals surface area (Å²) in [5, 5.41) is 3.68. The summed E-state index contributed by atoms with van der Waals surface area (Å²) in [5.74, 6) is 1.12. The summed E-state index contributed by atoms with van der Waals surface area (Å²) in [7, 11) is 3.73. The van der Waals surface area contributed by atoms with E-state index in [9.17, 15) is 0 Å². The summed E-state index contributed by atoms with van der Waals surface area (Å²) < 4.78 is 5.25. The predicted octanol–water partition coefficient (Wildman–Crippen LogP) is 2.33. The average molecular weight is 337 g/mol. The lowest BCUT2D eigenvalue weighted by Gasteiger charge is -2.34. The summed E-state index contributed by atoms with van der Waals surface area (Å²) in [6.45, 7) is 6.50. The maximum atomic E-state index is 5.25. The number of rotatable bonds is 5. The van der Waals surface area contributed by atoms with Gasteiger partial charge >= 0.3 is 0 Å². The van der Waals surface area contributed by atoms with Gasteiger partial charge in [-0.15, -0.1) is 0 Å². The van der Waals surface area contributed by atoms with Gasteiger partial charge in [0.25, 0.3) is 0 Å². The van der Waals surface area contributed by atoms with E-state index < -0.39 is 0 Å². The maximum absolute atomic E-state index is 5.25. The number of nitrogens with one attached hydrogen (secondary N) is 1. The van der Waals surface area contributed by atoms with Crippen molar-refractivity contribution in [1.29, 1.82) is 0 Å². The number of methoxy groups -OCH3 is 1. The smallest absolute Gasteiger partial charge is 0.193 e. The van der Waals surface area contributed by atoms with Gasteiger partial charge in [-0.25, -0.2) is 0 Å². The molecule has 0 radical (unpaired) electrons. The standard InChI is InChI=1S/C19H36N4O/c1-20-18(21-15-17-7-6-11-22(17)13-14-24-2)23-12-10-19(16-23)8-4-3-5-9-19/h17H,3-16H2,1-2H3,(H,20,21). The van der Waals surface area contributed by atoms with Crippen molar-refractivity contribution in [3.05, 3.63) is 0 Å². The van der Waals surface area contributed by atoms with Gasteiger partial charge in [0.15, 0.2) is 5.96 Å². The van der Waals surface area contributed by atoms with Gasteiger partial charge in [0.1, 0.15) is 0 Å². The molecule has 0 aromatic heterocycles. The van der Waals surface area contributed by atoms with Crippen LogP contribution in [0.1, 0.15) is 51.4 Å². The molecule has 5 nitrogen and oxygen atoms in total. The van der Waals surface area contributed by atoms with Crippen LogP contribution >= 0.6 is 0 Å². The molecular weight excluding hydrogens is 300 g/mol. The highest BCUT2D eigenvalue weighted by Gasteiger charge is 2.39. The van der Waals surface area contributed by atoms with Crippen molar-refractivity contribution in [2.75, 3.05) is 53.5 Å². The molecule has 3 aliphatic rings. The first-order valence-electron chi connectivity index (χ1n) is 9.95. The van der Waals surface area contributed by atoms with Gasteiger partial charge in [0.2, 0.25) is 0 Å². The highest BCUT2D eigenvalue weighted by atomic mass is 16.5. The van der Waals surface area contributed by atoms with Crippen molar-refractivity contribution < 1.29 is 4.74 Å². The van der Waals surface area contributed by atoms with Crippen molar-refractivity contribution in [3.8, 4) is 0 Å². The largest absolute Gasteiger partial charge is 0.383 e. The lowest BCUT2D eigenvalue weighted by molar-refractivity contribution is 0.141. The Labute approximate surface area is 147 Å². The molecule has 1 saturated carbocycles.